The van der Waals surface area contributed by atoms with Gasteiger partial charge >= 0.3 is 0 Å². The largest absolute Gasteiger partial charge is 0.486 e. The first-order chi connectivity index (χ1) is 16.2. The lowest BCUT2D eigenvalue weighted by Gasteiger charge is -2.39. The highest BCUT2D eigenvalue weighted by atomic mass is 16.6. The zero-order valence-electron chi connectivity index (χ0n) is 18.5. The summed E-state index contributed by atoms with van der Waals surface area (Å²) >= 11 is 0. The summed E-state index contributed by atoms with van der Waals surface area (Å²) < 4.78 is 17.2. The zero-order valence-corrected chi connectivity index (χ0v) is 18.5. The van der Waals surface area contributed by atoms with Crippen molar-refractivity contribution in [2.24, 2.45) is 0 Å². The number of benzene rings is 3. The molecule has 3 aromatic rings. The number of nitrogens with zero attached hydrogens (tertiary/aromatic N) is 1. The topological polar surface area (TPSA) is 48.0 Å². The minimum atomic E-state index is 0.115. The van der Waals surface area contributed by atoms with Gasteiger partial charge in [-0.2, -0.15) is 0 Å². The van der Waals surface area contributed by atoms with Gasteiger partial charge in [-0.15, -0.1) is 0 Å². The summed E-state index contributed by atoms with van der Waals surface area (Å²) in [5.74, 6) is 3.67. The monoisotopic (exact) mass is 441 g/mol. The van der Waals surface area contributed by atoms with Crippen molar-refractivity contribution in [2.75, 3.05) is 13.2 Å². The van der Waals surface area contributed by atoms with Gasteiger partial charge in [0, 0.05) is 17.6 Å². The van der Waals surface area contributed by atoms with Crippen molar-refractivity contribution in [1.29, 1.82) is 0 Å². The van der Waals surface area contributed by atoms with E-state index < -0.39 is 0 Å². The molecule has 0 saturated carbocycles. The molecule has 0 radical (unpaired) electrons. The SMILES string of the molecule is O=C(c1ccc2c(c1)OCCO2)N1C2CCC1CC(c1ccc(Oc3ccccc3)cc1)C2. The fourth-order valence-corrected chi connectivity index (χ4v) is 5.54. The molecule has 5 heteroatoms. The molecule has 5 nitrogen and oxygen atoms in total. The van der Waals surface area contributed by atoms with Crippen LogP contribution >= 0.6 is 0 Å². The van der Waals surface area contributed by atoms with E-state index in [0.717, 1.165) is 42.9 Å². The number of piperidine rings is 1. The first-order valence-corrected chi connectivity index (χ1v) is 11.8. The summed E-state index contributed by atoms with van der Waals surface area (Å²) in [6.45, 7) is 1.08. The Kier molecular flexibility index (Phi) is 5.17. The first kappa shape index (κ1) is 20.2. The van der Waals surface area contributed by atoms with E-state index in [-0.39, 0.29) is 18.0 Å². The van der Waals surface area contributed by atoms with Crippen LogP contribution in [0.15, 0.2) is 72.8 Å². The molecule has 0 N–H and O–H groups in total. The third-order valence-electron chi connectivity index (χ3n) is 7.09. The highest BCUT2D eigenvalue weighted by Gasteiger charge is 2.43. The standard InChI is InChI=1S/C28H27NO4/c30-28(20-8-13-26-27(18-20)32-15-14-31-26)29-22-9-10-23(29)17-21(16-22)19-6-11-25(12-7-19)33-24-4-2-1-3-5-24/h1-8,11-13,18,21-23H,9-10,14-17H2. The van der Waals surface area contributed by atoms with Gasteiger partial charge in [0.2, 0.25) is 0 Å². The van der Waals surface area contributed by atoms with Crippen molar-refractivity contribution < 1.29 is 19.0 Å². The average Bonchev–Trinajstić information content (AvgIpc) is 3.13. The van der Waals surface area contributed by atoms with E-state index in [9.17, 15) is 4.79 Å². The number of fused-ring (bicyclic) bond motifs is 3. The van der Waals surface area contributed by atoms with Crippen LogP contribution in [0.5, 0.6) is 23.0 Å². The maximum Gasteiger partial charge on any atom is 0.254 e. The maximum atomic E-state index is 13.4. The van der Waals surface area contributed by atoms with Crippen molar-refractivity contribution >= 4 is 5.91 Å². The molecule has 6 rings (SSSR count). The fourth-order valence-electron chi connectivity index (χ4n) is 5.54. The molecule has 0 aromatic heterocycles. The molecular weight excluding hydrogens is 414 g/mol. The normalized spacial score (nSPS) is 23.3. The van der Waals surface area contributed by atoms with E-state index in [1.165, 1.54) is 5.56 Å². The summed E-state index contributed by atoms with van der Waals surface area (Å²) in [7, 11) is 0. The van der Waals surface area contributed by atoms with Crippen molar-refractivity contribution in [3.8, 4) is 23.0 Å². The minimum absolute atomic E-state index is 0.115. The molecule has 3 aliphatic heterocycles. The van der Waals surface area contributed by atoms with Gasteiger partial charge in [0.1, 0.15) is 24.7 Å². The summed E-state index contributed by atoms with van der Waals surface area (Å²) in [6.07, 6.45) is 4.16. The third-order valence-corrected chi connectivity index (χ3v) is 7.09. The Morgan fingerprint density at radius 1 is 0.788 bits per heavy atom. The number of carbonyl (C=O) groups is 1. The molecule has 0 aliphatic carbocycles. The Morgan fingerprint density at radius 3 is 2.18 bits per heavy atom. The third kappa shape index (κ3) is 3.92. The van der Waals surface area contributed by atoms with E-state index in [1.54, 1.807) is 0 Å². The van der Waals surface area contributed by atoms with Crippen LogP contribution in [-0.2, 0) is 0 Å². The number of rotatable bonds is 4. The molecule has 2 unspecified atom stereocenters. The van der Waals surface area contributed by atoms with Gasteiger partial charge in [-0.25, -0.2) is 0 Å². The number of hydrogen-bond acceptors (Lipinski definition) is 4. The lowest BCUT2D eigenvalue weighted by molar-refractivity contribution is 0.0570. The van der Waals surface area contributed by atoms with Gasteiger partial charge in [0.15, 0.2) is 11.5 Å². The molecule has 3 aromatic carbocycles. The number of para-hydroxylation sites is 1. The molecule has 1 amide bonds. The second-order valence-electron chi connectivity index (χ2n) is 9.11. The van der Waals surface area contributed by atoms with Crippen LogP contribution in [0.3, 0.4) is 0 Å². The van der Waals surface area contributed by atoms with Crippen LogP contribution in [0.4, 0.5) is 0 Å². The summed E-state index contributed by atoms with van der Waals surface area (Å²) in [5.41, 5.74) is 2.02. The molecule has 2 saturated heterocycles. The van der Waals surface area contributed by atoms with Crippen LogP contribution in [0.2, 0.25) is 0 Å². The molecule has 2 atom stereocenters. The van der Waals surface area contributed by atoms with E-state index in [1.807, 2.05) is 48.5 Å². The molecule has 168 valence electrons. The van der Waals surface area contributed by atoms with Gasteiger partial charge in [-0.05, 0) is 79.6 Å². The van der Waals surface area contributed by atoms with E-state index in [2.05, 4.69) is 29.2 Å². The predicted molar refractivity (Wildman–Crippen MR) is 125 cm³/mol. The molecule has 2 fully saturated rings. The molecule has 3 aliphatic rings. The highest BCUT2D eigenvalue weighted by Crippen LogP contribution is 2.44. The second-order valence-corrected chi connectivity index (χ2v) is 9.11. The Bertz CT molecular complexity index is 1130. The van der Waals surface area contributed by atoms with Crippen LogP contribution in [0.25, 0.3) is 0 Å². The average molecular weight is 442 g/mol. The lowest BCUT2D eigenvalue weighted by Crippen LogP contribution is -2.46. The molecule has 0 spiro atoms. The number of ether oxygens (including phenoxy) is 3. The molecule has 2 bridgehead atoms. The predicted octanol–water partition coefficient (Wildman–Crippen LogP) is 5.80. The van der Waals surface area contributed by atoms with Crippen molar-refractivity contribution in [3.63, 3.8) is 0 Å². The molecule has 33 heavy (non-hydrogen) atoms. The lowest BCUT2D eigenvalue weighted by atomic mass is 9.84. The van der Waals surface area contributed by atoms with E-state index >= 15 is 0 Å². The van der Waals surface area contributed by atoms with Crippen LogP contribution in [-0.4, -0.2) is 36.1 Å². The Balaban J connectivity index is 1.15. The summed E-state index contributed by atoms with van der Waals surface area (Å²) in [4.78, 5) is 15.6. The van der Waals surface area contributed by atoms with E-state index in [0.29, 0.717) is 30.4 Å². The van der Waals surface area contributed by atoms with Crippen molar-refractivity contribution in [1.82, 2.24) is 4.90 Å². The smallest absolute Gasteiger partial charge is 0.254 e. The second kappa shape index (κ2) is 8.47. The van der Waals surface area contributed by atoms with Gasteiger partial charge in [-0.3, -0.25) is 4.79 Å². The zero-order chi connectivity index (χ0) is 22.2. The van der Waals surface area contributed by atoms with Crippen LogP contribution < -0.4 is 14.2 Å². The first-order valence-electron chi connectivity index (χ1n) is 11.8. The fraction of sp³-hybridized carbons (Fsp3) is 0.321. The van der Waals surface area contributed by atoms with Gasteiger partial charge in [-0.1, -0.05) is 30.3 Å². The molecular formula is C28H27NO4. The van der Waals surface area contributed by atoms with Crippen LogP contribution in [0, 0.1) is 0 Å². The summed E-state index contributed by atoms with van der Waals surface area (Å²) in [5, 5.41) is 0. The Hall–Kier alpha value is -3.47. The minimum Gasteiger partial charge on any atom is -0.486 e. The number of amides is 1. The van der Waals surface area contributed by atoms with E-state index in [4.69, 9.17) is 14.2 Å². The maximum absolute atomic E-state index is 13.4. The van der Waals surface area contributed by atoms with Gasteiger partial charge in [0.25, 0.3) is 5.91 Å². The Morgan fingerprint density at radius 2 is 1.45 bits per heavy atom. The van der Waals surface area contributed by atoms with Gasteiger partial charge < -0.3 is 19.1 Å². The number of carbonyl (C=O) groups excluding carboxylic acids is 1. The van der Waals surface area contributed by atoms with Crippen molar-refractivity contribution in [3.05, 3.63) is 83.9 Å². The quantitative estimate of drug-likeness (QED) is 0.513. The highest BCUT2D eigenvalue weighted by molar-refractivity contribution is 5.95. The van der Waals surface area contributed by atoms with Crippen molar-refractivity contribution in [2.45, 2.75) is 43.7 Å². The van der Waals surface area contributed by atoms with Gasteiger partial charge in [0.05, 0.1) is 0 Å². The summed E-state index contributed by atoms with van der Waals surface area (Å²) in [6, 6.07) is 24.4. The number of hydrogen-bond donors (Lipinski definition) is 0. The van der Waals surface area contributed by atoms with Crippen LogP contribution in [0.1, 0.15) is 47.5 Å². The molecule has 3 heterocycles. The Labute approximate surface area is 193 Å².